The van der Waals surface area contributed by atoms with Crippen LogP contribution >= 0.6 is 0 Å². The third-order valence-electron chi connectivity index (χ3n) is 3.72. The summed E-state index contributed by atoms with van der Waals surface area (Å²) in [7, 11) is 0. The van der Waals surface area contributed by atoms with E-state index in [-0.39, 0.29) is 11.6 Å². The maximum atomic E-state index is 13.5. The second kappa shape index (κ2) is 5.33. The van der Waals surface area contributed by atoms with Gasteiger partial charge in [0, 0.05) is 12.6 Å². The van der Waals surface area contributed by atoms with Crippen LogP contribution in [0, 0.1) is 18.6 Å². The lowest BCUT2D eigenvalue weighted by molar-refractivity contribution is 0.620. The van der Waals surface area contributed by atoms with E-state index in [0.717, 1.165) is 22.3 Å². The lowest BCUT2D eigenvalue weighted by atomic mass is 9.95. The van der Waals surface area contributed by atoms with E-state index in [4.69, 9.17) is 0 Å². The zero-order valence-corrected chi connectivity index (χ0v) is 11.4. The van der Waals surface area contributed by atoms with Crippen molar-refractivity contribution in [1.29, 1.82) is 0 Å². The highest BCUT2D eigenvalue weighted by atomic mass is 19.1. The standard InChI is InChI=1S/C17H17F2N/c1-11-2-3-14(19)9-17(11)16-7-4-13(18)8-12(16)10-20-15-5-6-15/h2-4,7-9,15,20H,5-6,10H2,1H3. The van der Waals surface area contributed by atoms with Crippen LogP contribution in [0.4, 0.5) is 8.78 Å². The fourth-order valence-corrected chi connectivity index (χ4v) is 2.40. The van der Waals surface area contributed by atoms with Gasteiger partial charge in [0.25, 0.3) is 0 Å². The van der Waals surface area contributed by atoms with Crippen LogP contribution in [0.1, 0.15) is 24.0 Å². The van der Waals surface area contributed by atoms with E-state index in [1.54, 1.807) is 12.1 Å². The van der Waals surface area contributed by atoms with Gasteiger partial charge >= 0.3 is 0 Å². The molecule has 1 nitrogen and oxygen atoms in total. The van der Waals surface area contributed by atoms with Gasteiger partial charge in [0.2, 0.25) is 0 Å². The SMILES string of the molecule is Cc1ccc(F)cc1-c1ccc(F)cc1CNC1CC1. The Kier molecular flexibility index (Phi) is 3.53. The molecule has 0 bridgehead atoms. The number of aryl methyl sites for hydroxylation is 1. The Morgan fingerprint density at radius 3 is 2.45 bits per heavy atom. The van der Waals surface area contributed by atoms with E-state index >= 15 is 0 Å². The monoisotopic (exact) mass is 273 g/mol. The first-order valence-electron chi connectivity index (χ1n) is 6.92. The minimum Gasteiger partial charge on any atom is -0.310 e. The van der Waals surface area contributed by atoms with Gasteiger partial charge in [-0.25, -0.2) is 8.78 Å². The van der Waals surface area contributed by atoms with Crippen LogP contribution in [0.25, 0.3) is 11.1 Å². The van der Waals surface area contributed by atoms with Crippen LogP contribution < -0.4 is 5.32 Å². The molecule has 3 heteroatoms. The van der Waals surface area contributed by atoms with E-state index in [2.05, 4.69) is 5.32 Å². The molecule has 1 N–H and O–H groups in total. The highest BCUT2D eigenvalue weighted by molar-refractivity contribution is 5.70. The molecule has 0 spiro atoms. The van der Waals surface area contributed by atoms with Crippen molar-refractivity contribution in [3.05, 3.63) is 59.2 Å². The summed E-state index contributed by atoms with van der Waals surface area (Å²) in [6.07, 6.45) is 2.37. The van der Waals surface area contributed by atoms with Gasteiger partial charge in [-0.05, 0) is 66.3 Å². The second-order valence-electron chi connectivity index (χ2n) is 5.42. The van der Waals surface area contributed by atoms with Crippen LogP contribution in [0.15, 0.2) is 36.4 Å². The number of benzene rings is 2. The molecule has 0 atom stereocenters. The third-order valence-corrected chi connectivity index (χ3v) is 3.72. The van der Waals surface area contributed by atoms with Gasteiger partial charge in [-0.2, -0.15) is 0 Å². The van der Waals surface area contributed by atoms with E-state index in [0.29, 0.717) is 12.6 Å². The molecule has 0 saturated heterocycles. The quantitative estimate of drug-likeness (QED) is 0.880. The fraction of sp³-hybridized carbons (Fsp3) is 0.294. The Bertz CT molecular complexity index is 633. The molecule has 1 aliphatic carbocycles. The zero-order valence-electron chi connectivity index (χ0n) is 11.4. The molecule has 1 fully saturated rings. The average molecular weight is 273 g/mol. The maximum absolute atomic E-state index is 13.5. The van der Waals surface area contributed by atoms with E-state index in [1.165, 1.54) is 37.1 Å². The molecule has 1 aliphatic rings. The summed E-state index contributed by atoms with van der Waals surface area (Å²) < 4.78 is 27.0. The zero-order chi connectivity index (χ0) is 14.1. The first-order chi connectivity index (χ1) is 9.63. The van der Waals surface area contributed by atoms with Crippen molar-refractivity contribution in [2.24, 2.45) is 0 Å². The molecule has 20 heavy (non-hydrogen) atoms. The number of nitrogens with one attached hydrogen (secondary N) is 1. The lowest BCUT2D eigenvalue weighted by Gasteiger charge is -2.13. The summed E-state index contributed by atoms with van der Waals surface area (Å²) in [5.74, 6) is -0.522. The Hall–Kier alpha value is -1.74. The van der Waals surface area contributed by atoms with Crippen molar-refractivity contribution < 1.29 is 8.78 Å². The van der Waals surface area contributed by atoms with Crippen molar-refractivity contribution in [1.82, 2.24) is 5.32 Å². The summed E-state index contributed by atoms with van der Waals surface area (Å²) >= 11 is 0. The van der Waals surface area contributed by atoms with Gasteiger partial charge in [0.1, 0.15) is 11.6 Å². The summed E-state index contributed by atoms with van der Waals surface area (Å²) in [6, 6.07) is 9.98. The number of hydrogen-bond acceptors (Lipinski definition) is 1. The Balaban J connectivity index is 1.99. The average Bonchev–Trinajstić information content (AvgIpc) is 3.24. The van der Waals surface area contributed by atoms with E-state index in [9.17, 15) is 8.78 Å². The van der Waals surface area contributed by atoms with Crippen molar-refractivity contribution >= 4 is 0 Å². The molecule has 0 aliphatic heterocycles. The largest absolute Gasteiger partial charge is 0.310 e. The van der Waals surface area contributed by atoms with Gasteiger partial charge < -0.3 is 5.32 Å². The van der Waals surface area contributed by atoms with Crippen molar-refractivity contribution in [2.75, 3.05) is 0 Å². The summed E-state index contributed by atoms with van der Waals surface area (Å²) in [4.78, 5) is 0. The first-order valence-corrected chi connectivity index (χ1v) is 6.92. The predicted molar refractivity (Wildman–Crippen MR) is 76.4 cm³/mol. The topological polar surface area (TPSA) is 12.0 Å². The minimum atomic E-state index is -0.268. The van der Waals surface area contributed by atoms with E-state index in [1.807, 2.05) is 6.92 Å². The van der Waals surface area contributed by atoms with Crippen molar-refractivity contribution in [3.63, 3.8) is 0 Å². The van der Waals surface area contributed by atoms with Crippen molar-refractivity contribution in [3.8, 4) is 11.1 Å². The first kappa shape index (κ1) is 13.3. The molecule has 3 rings (SSSR count). The van der Waals surface area contributed by atoms with Gasteiger partial charge in [-0.1, -0.05) is 12.1 Å². The molecule has 0 heterocycles. The van der Waals surface area contributed by atoms with Gasteiger partial charge in [0.05, 0.1) is 0 Å². The number of hydrogen-bond donors (Lipinski definition) is 1. The molecule has 1 saturated carbocycles. The Morgan fingerprint density at radius 2 is 1.70 bits per heavy atom. The van der Waals surface area contributed by atoms with Crippen molar-refractivity contribution in [2.45, 2.75) is 32.4 Å². The Labute approximate surface area is 117 Å². The van der Waals surface area contributed by atoms with Crippen LogP contribution in [-0.4, -0.2) is 6.04 Å². The molecule has 0 amide bonds. The molecule has 2 aromatic rings. The normalized spacial score (nSPS) is 14.6. The Morgan fingerprint density at radius 1 is 1.00 bits per heavy atom. The predicted octanol–water partition coefficient (Wildman–Crippen LogP) is 4.19. The minimum absolute atomic E-state index is 0.254. The lowest BCUT2D eigenvalue weighted by Crippen LogP contribution is -2.16. The maximum Gasteiger partial charge on any atom is 0.123 e. The van der Waals surface area contributed by atoms with Crippen LogP contribution in [0.3, 0.4) is 0 Å². The van der Waals surface area contributed by atoms with Crippen LogP contribution in [0.2, 0.25) is 0 Å². The second-order valence-corrected chi connectivity index (χ2v) is 5.42. The van der Waals surface area contributed by atoms with E-state index < -0.39 is 0 Å². The smallest absolute Gasteiger partial charge is 0.123 e. The molecule has 0 radical (unpaired) electrons. The number of halogens is 2. The number of rotatable bonds is 4. The summed E-state index contributed by atoms with van der Waals surface area (Å²) in [5, 5.41) is 3.38. The van der Waals surface area contributed by atoms with Gasteiger partial charge in [-0.15, -0.1) is 0 Å². The molecular formula is C17H17F2N. The molecule has 104 valence electrons. The highest BCUT2D eigenvalue weighted by Crippen LogP contribution is 2.29. The summed E-state index contributed by atoms with van der Waals surface area (Å²) in [5.41, 5.74) is 3.60. The molecule has 0 unspecified atom stereocenters. The van der Waals surface area contributed by atoms with Gasteiger partial charge in [-0.3, -0.25) is 0 Å². The third kappa shape index (κ3) is 2.88. The molecule has 2 aromatic carbocycles. The van der Waals surface area contributed by atoms with Gasteiger partial charge in [0.15, 0.2) is 0 Å². The molecule has 0 aromatic heterocycles. The highest BCUT2D eigenvalue weighted by Gasteiger charge is 2.21. The molecular weight excluding hydrogens is 256 g/mol. The van der Waals surface area contributed by atoms with Crippen LogP contribution in [0.5, 0.6) is 0 Å². The van der Waals surface area contributed by atoms with Crippen LogP contribution in [-0.2, 0) is 6.54 Å². The summed E-state index contributed by atoms with van der Waals surface area (Å²) in [6.45, 7) is 2.56. The fourth-order valence-electron chi connectivity index (χ4n) is 2.40.